The van der Waals surface area contributed by atoms with Gasteiger partial charge in [0.2, 0.25) is 0 Å². The highest BCUT2D eigenvalue weighted by molar-refractivity contribution is 5.69. The molecule has 0 saturated heterocycles. The van der Waals surface area contributed by atoms with Crippen molar-refractivity contribution < 1.29 is 9.53 Å². The first kappa shape index (κ1) is 18.8. The van der Waals surface area contributed by atoms with Gasteiger partial charge in [-0.2, -0.15) is 0 Å². The van der Waals surface area contributed by atoms with E-state index in [9.17, 15) is 4.79 Å². The molecule has 0 N–H and O–H groups in total. The van der Waals surface area contributed by atoms with Gasteiger partial charge in [-0.15, -0.1) is 0 Å². The van der Waals surface area contributed by atoms with Gasteiger partial charge in [-0.25, -0.2) is 0 Å². The Morgan fingerprint density at radius 3 is 2.00 bits per heavy atom. The molecule has 0 aromatic carbocycles. The molecule has 0 heterocycles. The molecule has 0 aromatic heterocycles. The molecule has 2 aliphatic carbocycles. The van der Waals surface area contributed by atoms with Crippen molar-refractivity contribution in [2.24, 2.45) is 17.8 Å². The lowest BCUT2D eigenvalue weighted by atomic mass is 9.70. The molecule has 134 valence electrons. The van der Waals surface area contributed by atoms with E-state index in [1.807, 2.05) is 0 Å². The Morgan fingerprint density at radius 1 is 0.826 bits per heavy atom. The van der Waals surface area contributed by atoms with Gasteiger partial charge in [0.05, 0.1) is 0 Å². The third-order valence-electron chi connectivity index (χ3n) is 6.26. The average molecular weight is 323 g/mol. The molecule has 0 radical (unpaired) electrons. The highest BCUT2D eigenvalue weighted by Gasteiger charge is 2.31. The van der Waals surface area contributed by atoms with E-state index in [1.165, 1.54) is 57.8 Å². The van der Waals surface area contributed by atoms with Crippen LogP contribution in [-0.4, -0.2) is 12.1 Å². The van der Waals surface area contributed by atoms with Crippen molar-refractivity contribution in [1.82, 2.24) is 0 Å². The Labute approximate surface area is 143 Å². The summed E-state index contributed by atoms with van der Waals surface area (Å²) in [6, 6.07) is 0. The summed E-state index contributed by atoms with van der Waals surface area (Å²) in [5.74, 6) is 2.93. The molecule has 2 nitrogen and oxygen atoms in total. The number of carbonyl (C=O) groups is 1. The van der Waals surface area contributed by atoms with Gasteiger partial charge in [-0.05, 0) is 62.7 Å². The Morgan fingerprint density at radius 2 is 1.43 bits per heavy atom. The number of esters is 1. The number of unbranched alkanes of at least 4 members (excludes halogenated alkanes) is 2. The molecule has 0 amide bonds. The van der Waals surface area contributed by atoms with Crippen LogP contribution in [0.1, 0.15) is 104 Å². The van der Waals surface area contributed by atoms with E-state index in [0.717, 1.165) is 43.4 Å². The summed E-state index contributed by atoms with van der Waals surface area (Å²) < 4.78 is 5.68. The molecular weight excluding hydrogens is 284 g/mol. The average Bonchev–Trinajstić information content (AvgIpc) is 2.57. The summed E-state index contributed by atoms with van der Waals surface area (Å²) in [6.07, 6.45) is 17.6. The van der Waals surface area contributed by atoms with Crippen molar-refractivity contribution in [3.63, 3.8) is 0 Å². The number of carbonyl (C=O) groups excluding carboxylic acids is 1. The van der Waals surface area contributed by atoms with Gasteiger partial charge in [-0.1, -0.05) is 52.4 Å². The highest BCUT2D eigenvalue weighted by Crippen LogP contribution is 2.41. The van der Waals surface area contributed by atoms with E-state index in [2.05, 4.69) is 13.8 Å². The predicted molar refractivity (Wildman–Crippen MR) is 96.3 cm³/mol. The predicted octanol–water partition coefficient (Wildman–Crippen LogP) is 6.28. The van der Waals surface area contributed by atoms with Gasteiger partial charge < -0.3 is 4.74 Å². The van der Waals surface area contributed by atoms with Crippen LogP contribution < -0.4 is 0 Å². The lowest BCUT2D eigenvalue weighted by molar-refractivity contribution is -0.151. The fraction of sp³-hybridized carbons (Fsp3) is 0.952. The molecule has 0 spiro atoms. The van der Waals surface area contributed by atoms with Crippen LogP contribution >= 0.6 is 0 Å². The third kappa shape index (κ3) is 6.47. The zero-order chi connectivity index (χ0) is 16.5. The molecule has 2 aliphatic rings. The second-order valence-electron chi connectivity index (χ2n) is 8.05. The minimum atomic E-state index is 0.0435. The fourth-order valence-electron chi connectivity index (χ4n) is 4.80. The zero-order valence-electron chi connectivity index (χ0n) is 15.5. The standard InChI is InChI=1S/C21H38O2/c1-3-5-6-8-21(22)23-20-15-13-19(14-16-20)18-11-9-17(7-4-2)10-12-18/h17-20H,3-16H2,1-2H3/t17?,18?,19-,20-. The van der Waals surface area contributed by atoms with Crippen LogP contribution in [-0.2, 0) is 9.53 Å². The van der Waals surface area contributed by atoms with Crippen molar-refractivity contribution in [1.29, 1.82) is 0 Å². The van der Waals surface area contributed by atoms with Crippen LogP contribution in [0.5, 0.6) is 0 Å². The maximum atomic E-state index is 11.8. The largest absolute Gasteiger partial charge is 0.462 e. The second-order valence-corrected chi connectivity index (χ2v) is 8.05. The van der Waals surface area contributed by atoms with Crippen molar-refractivity contribution in [3.05, 3.63) is 0 Å². The molecule has 0 aliphatic heterocycles. The Bertz CT molecular complexity index is 323. The van der Waals surface area contributed by atoms with Crippen molar-refractivity contribution in [2.45, 2.75) is 110 Å². The topological polar surface area (TPSA) is 26.3 Å². The number of rotatable bonds is 8. The minimum Gasteiger partial charge on any atom is -0.462 e. The molecule has 0 unspecified atom stereocenters. The molecule has 2 fully saturated rings. The molecule has 2 rings (SSSR count). The van der Waals surface area contributed by atoms with E-state index < -0.39 is 0 Å². The molecule has 2 saturated carbocycles. The number of hydrogen-bond acceptors (Lipinski definition) is 2. The summed E-state index contributed by atoms with van der Waals surface area (Å²) in [7, 11) is 0. The van der Waals surface area contributed by atoms with E-state index >= 15 is 0 Å². The van der Waals surface area contributed by atoms with E-state index in [-0.39, 0.29) is 12.1 Å². The second kappa shape index (κ2) is 10.4. The molecule has 0 bridgehead atoms. The Balaban J connectivity index is 1.61. The first-order valence-corrected chi connectivity index (χ1v) is 10.4. The van der Waals surface area contributed by atoms with E-state index in [4.69, 9.17) is 4.74 Å². The quantitative estimate of drug-likeness (QED) is 0.388. The summed E-state index contributed by atoms with van der Waals surface area (Å²) in [5.41, 5.74) is 0. The summed E-state index contributed by atoms with van der Waals surface area (Å²) in [5, 5.41) is 0. The molecule has 0 aromatic rings. The minimum absolute atomic E-state index is 0.0435. The van der Waals surface area contributed by atoms with Crippen LogP contribution in [0.2, 0.25) is 0 Å². The number of ether oxygens (including phenoxy) is 1. The zero-order valence-corrected chi connectivity index (χ0v) is 15.5. The summed E-state index contributed by atoms with van der Waals surface area (Å²) in [6.45, 7) is 4.49. The molecule has 0 atom stereocenters. The maximum Gasteiger partial charge on any atom is 0.306 e. The smallest absolute Gasteiger partial charge is 0.306 e. The normalized spacial score (nSPS) is 31.7. The van der Waals surface area contributed by atoms with Gasteiger partial charge in [-0.3, -0.25) is 4.79 Å². The SMILES string of the molecule is CCCCCC(=O)O[C@H]1CC[C@H](C2CCC(CCC)CC2)CC1. The van der Waals surface area contributed by atoms with Gasteiger partial charge >= 0.3 is 5.97 Å². The van der Waals surface area contributed by atoms with Gasteiger partial charge in [0.15, 0.2) is 0 Å². The molecular formula is C21H38O2. The Kier molecular flexibility index (Phi) is 8.47. The lowest BCUT2D eigenvalue weighted by Crippen LogP contribution is -2.29. The number of hydrogen-bond donors (Lipinski definition) is 0. The first-order valence-electron chi connectivity index (χ1n) is 10.4. The van der Waals surface area contributed by atoms with Gasteiger partial charge in [0.25, 0.3) is 0 Å². The molecule has 2 heteroatoms. The van der Waals surface area contributed by atoms with Gasteiger partial charge in [0.1, 0.15) is 6.10 Å². The van der Waals surface area contributed by atoms with Crippen LogP contribution in [0.3, 0.4) is 0 Å². The van der Waals surface area contributed by atoms with Gasteiger partial charge in [0, 0.05) is 6.42 Å². The highest BCUT2D eigenvalue weighted by atomic mass is 16.5. The van der Waals surface area contributed by atoms with Crippen LogP contribution in [0.4, 0.5) is 0 Å². The Hall–Kier alpha value is -0.530. The van der Waals surface area contributed by atoms with Crippen LogP contribution in [0.25, 0.3) is 0 Å². The van der Waals surface area contributed by atoms with Crippen molar-refractivity contribution in [3.8, 4) is 0 Å². The van der Waals surface area contributed by atoms with Crippen LogP contribution in [0.15, 0.2) is 0 Å². The van der Waals surface area contributed by atoms with E-state index in [0.29, 0.717) is 6.42 Å². The van der Waals surface area contributed by atoms with Crippen molar-refractivity contribution >= 4 is 5.97 Å². The monoisotopic (exact) mass is 322 g/mol. The maximum absolute atomic E-state index is 11.8. The first-order chi connectivity index (χ1) is 11.2. The van der Waals surface area contributed by atoms with Crippen molar-refractivity contribution in [2.75, 3.05) is 0 Å². The summed E-state index contributed by atoms with van der Waals surface area (Å²) >= 11 is 0. The van der Waals surface area contributed by atoms with Crippen LogP contribution in [0, 0.1) is 17.8 Å². The third-order valence-corrected chi connectivity index (χ3v) is 6.26. The molecule has 23 heavy (non-hydrogen) atoms. The van der Waals surface area contributed by atoms with E-state index in [1.54, 1.807) is 0 Å². The summed E-state index contributed by atoms with van der Waals surface area (Å²) in [4.78, 5) is 11.8. The fourth-order valence-corrected chi connectivity index (χ4v) is 4.80. The lowest BCUT2D eigenvalue weighted by Gasteiger charge is -2.37.